The molecule has 2 aliphatic rings. The van der Waals surface area contributed by atoms with Crippen LogP contribution in [0.1, 0.15) is 67.7 Å². The van der Waals surface area contributed by atoms with E-state index in [4.69, 9.17) is 4.74 Å². The van der Waals surface area contributed by atoms with Crippen LogP contribution >= 0.6 is 0 Å². The van der Waals surface area contributed by atoms with Crippen LogP contribution in [0.4, 0.5) is 17.6 Å². The lowest BCUT2D eigenvalue weighted by atomic mass is 9.63. The molecule has 5 rings (SSSR count). The maximum absolute atomic E-state index is 14.1. The third-order valence-electron chi connectivity index (χ3n) is 8.73. The van der Waals surface area contributed by atoms with Crippen molar-refractivity contribution in [3.8, 4) is 5.75 Å². The van der Waals surface area contributed by atoms with Crippen LogP contribution in [0.5, 0.6) is 5.75 Å². The maximum Gasteiger partial charge on any atom is 0.416 e. The number of likely N-dealkylation sites (tertiary alicyclic amines) is 1. The van der Waals surface area contributed by atoms with Gasteiger partial charge in [-0.3, -0.25) is 4.79 Å². The van der Waals surface area contributed by atoms with E-state index in [0.717, 1.165) is 48.9 Å². The van der Waals surface area contributed by atoms with Gasteiger partial charge in [-0.15, -0.1) is 0 Å². The van der Waals surface area contributed by atoms with Crippen LogP contribution in [-0.4, -0.2) is 30.5 Å². The van der Waals surface area contributed by atoms with Crippen LogP contribution in [0.3, 0.4) is 0 Å². The largest absolute Gasteiger partial charge is 0.493 e. The van der Waals surface area contributed by atoms with E-state index in [1.54, 1.807) is 12.1 Å². The van der Waals surface area contributed by atoms with Gasteiger partial charge in [0.25, 0.3) is 0 Å². The molecule has 1 aliphatic heterocycles. The number of hydrogen-bond donors (Lipinski definition) is 0. The average Bonchev–Trinajstić information content (AvgIpc) is 2.92. The van der Waals surface area contributed by atoms with Crippen molar-refractivity contribution >= 4 is 5.91 Å². The summed E-state index contributed by atoms with van der Waals surface area (Å²) in [7, 11) is 0. The first-order valence-electron chi connectivity index (χ1n) is 14.5. The normalized spacial score (nSPS) is 20.5. The highest BCUT2D eigenvalue weighted by molar-refractivity contribution is 5.89. The van der Waals surface area contributed by atoms with Gasteiger partial charge in [0.2, 0.25) is 5.91 Å². The summed E-state index contributed by atoms with van der Waals surface area (Å²) in [6.07, 6.45) is -0.0742. The molecule has 41 heavy (non-hydrogen) atoms. The predicted molar refractivity (Wildman–Crippen MR) is 151 cm³/mol. The third kappa shape index (κ3) is 6.44. The fourth-order valence-corrected chi connectivity index (χ4v) is 6.37. The van der Waals surface area contributed by atoms with Crippen molar-refractivity contribution in [2.45, 2.75) is 63.5 Å². The number of halogens is 4. The zero-order chi connectivity index (χ0) is 29.2. The Morgan fingerprint density at radius 3 is 2.20 bits per heavy atom. The van der Waals surface area contributed by atoms with E-state index in [9.17, 15) is 22.4 Å². The summed E-state index contributed by atoms with van der Waals surface area (Å²) in [6, 6.07) is 19.6. The summed E-state index contributed by atoms with van der Waals surface area (Å²) in [5.74, 6) is 0.649. The Morgan fingerprint density at radius 2 is 1.63 bits per heavy atom. The first-order valence-corrected chi connectivity index (χ1v) is 14.5. The minimum atomic E-state index is -4.41. The molecule has 0 N–H and O–H groups in total. The van der Waals surface area contributed by atoms with Gasteiger partial charge in [-0.25, -0.2) is 4.39 Å². The van der Waals surface area contributed by atoms with Crippen molar-refractivity contribution in [3.63, 3.8) is 0 Å². The lowest BCUT2D eigenvalue weighted by Gasteiger charge is -2.47. The second-order valence-electron chi connectivity index (χ2n) is 12.0. The lowest BCUT2D eigenvalue weighted by molar-refractivity contribution is -0.143. The fourth-order valence-electron chi connectivity index (χ4n) is 6.37. The van der Waals surface area contributed by atoms with E-state index in [1.807, 2.05) is 4.90 Å². The van der Waals surface area contributed by atoms with Crippen molar-refractivity contribution in [2.75, 3.05) is 19.7 Å². The molecule has 3 nitrogen and oxygen atoms in total. The van der Waals surface area contributed by atoms with E-state index in [-0.39, 0.29) is 30.2 Å². The van der Waals surface area contributed by atoms with Gasteiger partial charge in [-0.05, 0) is 90.6 Å². The number of benzene rings is 3. The number of hydrogen-bond acceptors (Lipinski definition) is 2. The number of nitrogens with zero attached hydrogens (tertiary/aromatic N) is 1. The molecule has 218 valence electrons. The summed E-state index contributed by atoms with van der Waals surface area (Å²) < 4.78 is 58.7. The molecule has 1 amide bonds. The molecule has 2 fully saturated rings. The number of carbonyl (C=O) groups is 1. The van der Waals surface area contributed by atoms with E-state index in [2.05, 4.69) is 38.1 Å². The third-order valence-corrected chi connectivity index (χ3v) is 8.73. The van der Waals surface area contributed by atoms with Crippen LogP contribution in [0, 0.1) is 17.7 Å². The monoisotopic (exact) mass is 567 g/mol. The minimum Gasteiger partial charge on any atom is -0.493 e. The summed E-state index contributed by atoms with van der Waals surface area (Å²) in [6.45, 7) is 5.67. The van der Waals surface area contributed by atoms with Crippen LogP contribution in [-0.2, 0) is 22.8 Å². The molecule has 0 aromatic heterocycles. The zero-order valence-electron chi connectivity index (χ0n) is 23.6. The van der Waals surface area contributed by atoms with Crippen LogP contribution in [0.25, 0.3) is 0 Å². The summed E-state index contributed by atoms with van der Waals surface area (Å²) in [5.41, 5.74) is 2.06. The molecule has 3 aromatic carbocycles. The van der Waals surface area contributed by atoms with Crippen LogP contribution < -0.4 is 4.74 Å². The quantitative estimate of drug-likeness (QED) is 0.257. The summed E-state index contributed by atoms with van der Waals surface area (Å²) in [4.78, 5) is 16.1. The van der Waals surface area contributed by atoms with E-state index in [1.165, 1.54) is 29.8 Å². The second kappa shape index (κ2) is 11.9. The number of alkyl halides is 3. The van der Waals surface area contributed by atoms with E-state index in [0.29, 0.717) is 31.2 Å². The zero-order valence-corrected chi connectivity index (χ0v) is 23.6. The van der Waals surface area contributed by atoms with Crippen molar-refractivity contribution in [1.29, 1.82) is 0 Å². The van der Waals surface area contributed by atoms with Crippen molar-refractivity contribution in [2.24, 2.45) is 11.8 Å². The Morgan fingerprint density at radius 1 is 0.976 bits per heavy atom. The standard InChI is InChI=1S/C34H37F4NO2/c1-23(2)20-24-4-8-27(9-5-24)33(17-3-18-33)32(40)39-19-16-31(25-6-12-29(35)13-7-25)26(21-39)22-41-30-14-10-28(11-15-30)34(36,37)38/h4-15,23,26,31H,3,16-22H2,1-2H3. The first-order chi connectivity index (χ1) is 19.5. The van der Waals surface area contributed by atoms with Crippen LogP contribution in [0.2, 0.25) is 0 Å². The van der Waals surface area contributed by atoms with Crippen molar-refractivity contribution in [3.05, 3.63) is 101 Å². The van der Waals surface area contributed by atoms with Crippen molar-refractivity contribution in [1.82, 2.24) is 4.90 Å². The van der Waals surface area contributed by atoms with Crippen LogP contribution in [0.15, 0.2) is 72.8 Å². The molecule has 2 unspecified atom stereocenters. The Balaban J connectivity index is 1.34. The molecule has 0 radical (unpaired) electrons. The molecular formula is C34H37F4NO2. The van der Waals surface area contributed by atoms with Gasteiger partial charge >= 0.3 is 6.18 Å². The lowest BCUT2D eigenvalue weighted by Crippen LogP contribution is -2.55. The fraction of sp³-hybridized carbons (Fsp3) is 0.441. The highest BCUT2D eigenvalue weighted by atomic mass is 19.4. The molecular weight excluding hydrogens is 530 g/mol. The predicted octanol–water partition coefficient (Wildman–Crippen LogP) is 8.18. The Bertz CT molecular complexity index is 1310. The molecule has 0 bridgehead atoms. The van der Waals surface area contributed by atoms with Gasteiger partial charge in [0.15, 0.2) is 0 Å². The SMILES string of the molecule is CC(C)Cc1ccc(C2(C(=O)N3CCC(c4ccc(F)cc4)C(COc4ccc(C(F)(F)F)cc4)C3)CCC2)cc1. The smallest absolute Gasteiger partial charge is 0.416 e. The van der Waals surface area contributed by atoms with E-state index < -0.39 is 17.2 Å². The first kappa shape index (κ1) is 29.2. The molecule has 1 aliphatic carbocycles. The van der Waals surface area contributed by atoms with Gasteiger partial charge in [-0.1, -0.05) is 56.7 Å². The second-order valence-corrected chi connectivity index (χ2v) is 12.0. The minimum absolute atomic E-state index is 0.0294. The summed E-state index contributed by atoms with van der Waals surface area (Å²) in [5, 5.41) is 0. The molecule has 7 heteroatoms. The Kier molecular flexibility index (Phi) is 8.44. The van der Waals surface area contributed by atoms with E-state index >= 15 is 0 Å². The molecule has 3 aromatic rings. The Labute approximate surface area is 239 Å². The molecule has 1 heterocycles. The summed E-state index contributed by atoms with van der Waals surface area (Å²) >= 11 is 0. The number of ether oxygens (including phenoxy) is 1. The average molecular weight is 568 g/mol. The number of rotatable bonds is 8. The number of piperidine rings is 1. The molecule has 0 spiro atoms. The molecule has 2 atom stereocenters. The highest BCUT2D eigenvalue weighted by Gasteiger charge is 2.49. The molecule has 1 saturated carbocycles. The van der Waals surface area contributed by atoms with Crippen molar-refractivity contribution < 1.29 is 27.1 Å². The molecule has 1 saturated heterocycles. The van der Waals surface area contributed by atoms with Gasteiger partial charge in [0, 0.05) is 19.0 Å². The maximum atomic E-state index is 14.1. The Hall–Kier alpha value is -3.35. The number of amides is 1. The van der Waals surface area contributed by atoms with Gasteiger partial charge < -0.3 is 9.64 Å². The number of carbonyl (C=O) groups excluding carboxylic acids is 1. The highest BCUT2D eigenvalue weighted by Crippen LogP contribution is 2.46. The van der Waals surface area contributed by atoms with Gasteiger partial charge in [0.05, 0.1) is 17.6 Å². The van der Waals surface area contributed by atoms with Gasteiger partial charge in [0.1, 0.15) is 11.6 Å². The van der Waals surface area contributed by atoms with Gasteiger partial charge in [-0.2, -0.15) is 13.2 Å². The topological polar surface area (TPSA) is 29.5 Å².